The summed E-state index contributed by atoms with van der Waals surface area (Å²) in [4.78, 5) is 50.3. The van der Waals surface area contributed by atoms with Crippen LogP contribution in [0.25, 0.3) is 6.08 Å². The molecule has 0 amide bonds. The van der Waals surface area contributed by atoms with E-state index in [2.05, 4.69) is 6.58 Å². The highest BCUT2D eigenvalue weighted by atomic mass is 16.6. The van der Waals surface area contributed by atoms with Gasteiger partial charge in [0, 0.05) is 44.1 Å². The Morgan fingerprint density at radius 2 is 1.55 bits per heavy atom. The van der Waals surface area contributed by atoms with Gasteiger partial charge in [-0.25, -0.2) is 4.79 Å². The van der Waals surface area contributed by atoms with E-state index in [1.807, 2.05) is 37.3 Å². The molecule has 1 unspecified atom stereocenters. The fourth-order valence-corrected chi connectivity index (χ4v) is 7.70. The van der Waals surface area contributed by atoms with Gasteiger partial charge >= 0.3 is 23.9 Å². The minimum atomic E-state index is -1.40. The van der Waals surface area contributed by atoms with Gasteiger partial charge in [0.1, 0.15) is 18.3 Å². The number of fused-ring (bicyclic) bond motifs is 2. The van der Waals surface area contributed by atoms with Crippen molar-refractivity contribution in [3.63, 3.8) is 0 Å². The van der Waals surface area contributed by atoms with E-state index in [1.165, 1.54) is 26.8 Å². The Hall–Kier alpha value is -3.72. The molecule has 3 aliphatic rings. The van der Waals surface area contributed by atoms with Crippen LogP contribution in [0.1, 0.15) is 79.7 Å². The van der Waals surface area contributed by atoms with E-state index < -0.39 is 70.6 Å². The number of carbonyl (C=O) groups is 4. The number of benzene rings is 1. The summed E-state index contributed by atoms with van der Waals surface area (Å²) in [5.74, 6) is -2.58. The third-order valence-electron chi connectivity index (χ3n) is 9.86. The first-order valence-corrected chi connectivity index (χ1v) is 15.1. The van der Waals surface area contributed by atoms with Crippen molar-refractivity contribution in [1.82, 2.24) is 0 Å². The van der Waals surface area contributed by atoms with Crippen molar-refractivity contribution >= 4 is 30.0 Å². The maximum Gasteiger partial charge on any atom is 0.331 e. The van der Waals surface area contributed by atoms with Crippen LogP contribution in [0.5, 0.6) is 0 Å². The maximum atomic E-state index is 12.9. The summed E-state index contributed by atoms with van der Waals surface area (Å²) < 4.78 is 23.7. The Kier molecular flexibility index (Phi) is 9.31. The lowest BCUT2D eigenvalue weighted by Gasteiger charge is -2.50. The van der Waals surface area contributed by atoms with Crippen molar-refractivity contribution < 1.29 is 43.2 Å². The monoisotopic (exact) mass is 608 g/mol. The van der Waals surface area contributed by atoms with Crippen LogP contribution in [-0.2, 0) is 38.1 Å². The highest BCUT2D eigenvalue weighted by molar-refractivity contribution is 5.87. The zero-order valence-electron chi connectivity index (χ0n) is 26.7. The molecule has 1 aromatic rings. The maximum absolute atomic E-state index is 12.9. The van der Waals surface area contributed by atoms with Gasteiger partial charge < -0.3 is 24.1 Å². The molecule has 0 saturated heterocycles. The Morgan fingerprint density at radius 1 is 0.932 bits per heavy atom. The lowest BCUT2D eigenvalue weighted by molar-refractivity contribution is -0.178. The quantitative estimate of drug-likeness (QED) is 0.191. The second-order valence-corrected chi connectivity index (χ2v) is 13.1. The van der Waals surface area contributed by atoms with E-state index in [1.54, 1.807) is 26.8 Å². The van der Waals surface area contributed by atoms with Crippen LogP contribution >= 0.6 is 0 Å². The first-order valence-electron chi connectivity index (χ1n) is 15.1. The normalized spacial score (nSPS) is 31.9. The number of hydrogen-bond acceptors (Lipinski definition) is 9. The van der Waals surface area contributed by atoms with Gasteiger partial charge in [-0.3, -0.25) is 14.4 Å². The fourth-order valence-electron chi connectivity index (χ4n) is 7.70. The van der Waals surface area contributed by atoms with Gasteiger partial charge in [0.15, 0.2) is 6.10 Å². The Morgan fingerprint density at radius 3 is 2.11 bits per heavy atom. The molecule has 1 N–H and O–H groups in total. The van der Waals surface area contributed by atoms with Gasteiger partial charge in [-0.05, 0) is 74.3 Å². The summed E-state index contributed by atoms with van der Waals surface area (Å²) in [5.41, 5.74) is -0.566. The smallest absolute Gasteiger partial charge is 0.331 e. The van der Waals surface area contributed by atoms with Crippen LogP contribution in [0.15, 0.2) is 59.7 Å². The van der Waals surface area contributed by atoms with E-state index >= 15 is 0 Å². The topological polar surface area (TPSA) is 125 Å². The molecule has 0 aliphatic heterocycles. The first kappa shape index (κ1) is 33.2. The molecule has 1 aromatic carbocycles. The van der Waals surface area contributed by atoms with Gasteiger partial charge in [-0.1, -0.05) is 43.8 Å². The highest BCUT2D eigenvalue weighted by Gasteiger charge is 2.66. The minimum absolute atomic E-state index is 0.228. The molecular weight excluding hydrogens is 564 g/mol. The SMILES string of the molecule is C=C1C2C[C@]3(C(C)(C)O)C[C@H](OC(C)=O)C(C)=C3[C@@H](OC(C)=O)[C@H](OC(C)=O)[C@]2(C)CC[C@@H]1OC(=O)C=Cc1ccccc1. The van der Waals surface area contributed by atoms with E-state index in [-0.39, 0.29) is 6.42 Å². The van der Waals surface area contributed by atoms with Gasteiger partial charge in [-0.2, -0.15) is 0 Å². The predicted molar refractivity (Wildman–Crippen MR) is 163 cm³/mol. The number of ether oxygens (including phenoxy) is 4. The largest absolute Gasteiger partial charge is 0.458 e. The van der Waals surface area contributed by atoms with Crippen molar-refractivity contribution in [2.75, 3.05) is 0 Å². The van der Waals surface area contributed by atoms with Crippen LogP contribution in [-0.4, -0.2) is 59.0 Å². The van der Waals surface area contributed by atoms with E-state index in [0.717, 1.165) is 5.56 Å². The molecule has 7 atom stereocenters. The lowest BCUT2D eigenvalue weighted by atomic mass is 9.57. The Labute approximate surface area is 259 Å². The average molecular weight is 609 g/mol. The third-order valence-corrected chi connectivity index (χ3v) is 9.86. The van der Waals surface area contributed by atoms with Crippen LogP contribution < -0.4 is 0 Å². The molecule has 3 aliphatic carbocycles. The average Bonchev–Trinajstić information content (AvgIpc) is 3.15. The molecule has 238 valence electrons. The van der Waals surface area contributed by atoms with Crippen molar-refractivity contribution in [3.8, 4) is 0 Å². The standard InChI is InChI=1S/C35H44O9/c1-20-26-18-35(33(6,7)40)19-28(41-22(3)36)21(2)30(35)31(42-23(4)37)32(43-24(5)38)34(26,8)17-16-27(20)44-29(39)15-14-25-12-10-9-11-13-25/h9-15,26-28,31-32,40H,1,16-19H2,2-8H3/t26?,27-,28-,31+,32-,34+,35-/m0/s1. The van der Waals surface area contributed by atoms with E-state index in [4.69, 9.17) is 18.9 Å². The van der Waals surface area contributed by atoms with Crippen molar-refractivity contribution in [1.29, 1.82) is 0 Å². The molecule has 9 heteroatoms. The number of esters is 4. The van der Waals surface area contributed by atoms with Crippen molar-refractivity contribution in [2.45, 2.75) is 104 Å². The van der Waals surface area contributed by atoms with Crippen LogP contribution in [0.3, 0.4) is 0 Å². The Balaban J connectivity index is 1.82. The van der Waals surface area contributed by atoms with Crippen molar-refractivity contribution in [3.05, 3.63) is 65.3 Å². The van der Waals surface area contributed by atoms with E-state index in [0.29, 0.717) is 36.0 Å². The second-order valence-electron chi connectivity index (χ2n) is 13.1. The summed E-state index contributed by atoms with van der Waals surface area (Å²) in [7, 11) is 0. The zero-order chi connectivity index (χ0) is 32.6. The van der Waals surface area contributed by atoms with Gasteiger partial charge in [-0.15, -0.1) is 0 Å². The molecular formula is C35H44O9. The number of carbonyl (C=O) groups excluding carboxylic acids is 4. The third kappa shape index (κ3) is 6.25. The summed E-state index contributed by atoms with van der Waals surface area (Å²) in [6.07, 6.45) is 1.12. The van der Waals surface area contributed by atoms with E-state index in [9.17, 15) is 24.3 Å². The molecule has 9 nitrogen and oxygen atoms in total. The lowest BCUT2D eigenvalue weighted by Crippen LogP contribution is -2.52. The van der Waals surface area contributed by atoms with Gasteiger partial charge in [0.05, 0.1) is 5.60 Å². The predicted octanol–water partition coefficient (Wildman–Crippen LogP) is 5.26. The van der Waals surface area contributed by atoms with Crippen LogP contribution in [0.2, 0.25) is 0 Å². The van der Waals surface area contributed by atoms with Crippen LogP contribution in [0, 0.1) is 16.7 Å². The van der Waals surface area contributed by atoms with Crippen LogP contribution in [0.4, 0.5) is 0 Å². The first-order chi connectivity index (χ1) is 20.5. The molecule has 0 heterocycles. The Bertz CT molecular complexity index is 1380. The molecule has 44 heavy (non-hydrogen) atoms. The molecule has 2 fully saturated rings. The van der Waals surface area contributed by atoms with Gasteiger partial charge in [0.2, 0.25) is 0 Å². The number of aliphatic hydroxyl groups is 1. The summed E-state index contributed by atoms with van der Waals surface area (Å²) in [5, 5.41) is 11.9. The summed E-state index contributed by atoms with van der Waals surface area (Å²) in [6, 6.07) is 9.40. The highest BCUT2D eigenvalue weighted by Crippen LogP contribution is 2.65. The number of hydrogen-bond donors (Lipinski definition) is 1. The molecule has 0 bridgehead atoms. The second kappa shape index (κ2) is 12.3. The zero-order valence-corrected chi connectivity index (χ0v) is 26.7. The minimum Gasteiger partial charge on any atom is -0.458 e. The fraction of sp³-hybridized carbons (Fsp3) is 0.543. The van der Waals surface area contributed by atoms with Gasteiger partial charge in [0.25, 0.3) is 0 Å². The summed E-state index contributed by atoms with van der Waals surface area (Å²) >= 11 is 0. The number of rotatable bonds is 7. The molecule has 4 rings (SSSR count). The molecule has 0 aromatic heterocycles. The van der Waals surface area contributed by atoms with Crippen molar-refractivity contribution in [2.24, 2.45) is 16.7 Å². The molecule has 0 radical (unpaired) electrons. The molecule has 2 saturated carbocycles. The summed E-state index contributed by atoms with van der Waals surface area (Å²) in [6.45, 7) is 15.5. The molecule has 0 spiro atoms.